The van der Waals surface area contributed by atoms with E-state index in [4.69, 9.17) is 0 Å². The van der Waals surface area contributed by atoms with Crippen LogP contribution in [0.3, 0.4) is 0 Å². The van der Waals surface area contributed by atoms with Crippen LogP contribution in [0.2, 0.25) is 0 Å². The fourth-order valence-corrected chi connectivity index (χ4v) is 5.29. The molecule has 1 N–H and O–H groups in total. The summed E-state index contributed by atoms with van der Waals surface area (Å²) in [6.45, 7) is 3.47. The molecule has 0 radical (unpaired) electrons. The van der Waals surface area contributed by atoms with Crippen molar-refractivity contribution >= 4 is 29.3 Å². The van der Waals surface area contributed by atoms with Crippen LogP contribution in [-0.4, -0.2) is 10.9 Å². The molecule has 5 heteroatoms. The Morgan fingerprint density at radius 1 is 1.07 bits per heavy atom. The van der Waals surface area contributed by atoms with E-state index < -0.39 is 0 Å². The van der Waals surface area contributed by atoms with Crippen LogP contribution >= 0.6 is 23.5 Å². The van der Waals surface area contributed by atoms with Gasteiger partial charge in [-0.15, -0.1) is 11.8 Å². The van der Waals surface area contributed by atoms with Crippen LogP contribution in [0.4, 0.5) is 0 Å². The number of allylic oxidation sites excluding steroid dienone is 3. The van der Waals surface area contributed by atoms with E-state index in [-0.39, 0.29) is 11.7 Å². The Morgan fingerprint density at radius 3 is 2.30 bits per heavy atom. The molecular formula is C22H20N2OS2. The Balaban J connectivity index is 1.90. The van der Waals surface area contributed by atoms with E-state index in [9.17, 15) is 10.1 Å². The first-order chi connectivity index (χ1) is 13.1. The summed E-state index contributed by atoms with van der Waals surface area (Å²) in [4.78, 5) is 13.5. The van der Waals surface area contributed by atoms with Crippen LogP contribution in [0.5, 0.6) is 0 Å². The highest BCUT2D eigenvalue weighted by molar-refractivity contribution is 8.17. The van der Waals surface area contributed by atoms with Crippen molar-refractivity contribution in [3.05, 3.63) is 88.1 Å². The minimum Gasteiger partial charge on any atom is -0.353 e. The second-order valence-electron chi connectivity index (χ2n) is 6.14. The Hall–Kier alpha value is -2.42. The van der Waals surface area contributed by atoms with Gasteiger partial charge in [0.15, 0.2) is 5.78 Å². The normalized spacial score (nSPS) is 16.7. The van der Waals surface area contributed by atoms with Gasteiger partial charge in [0.25, 0.3) is 0 Å². The summed E-state index contributed by atoms with van der Waals surface area (Å²) >= 11 is 3.33. The standard InChI is InChI=1S/C22H20N2OS2/c1-15-20(16(2)25)21(17-9-5-3-6-10-17)19(13-23)22(24-15)27-14-26-18-11-7-4-8-12-18/h3-12,21,24H,14H2,1-2H3. The fraction of sp³-hybridized carbons (Fsp3) is 0.182. The molecule has 3 nitrogen and oxygen atoms in total. The van der Waals surface area contributed by atoms with Crippen molar-refractivity contribution in [2.75, 3.05) is 5.08 Å². The fourth-order valence-electron chi connectivity index (χ4n) is 3.15. The highest BCUT2D eigenvalue weighted by atomic mass is 32.2. The second-order valence-corrected chi connectivity index (χ2v) is 8.54. The van der Waals surface area contributed by atoms with E-state index in [0.29, 0.717) is 11.1 Å². The molecule has 0 aliphatic carbocycles. The molecule has 0 saturated carbocycles. The van der Waals surface area contributed by atoms with Gasteiger partial charge < -0.3 is 5.32 Å². The van der Waals surface area contributed by atoms with Gasteiger partial charge in [-0.1, -0.05) is 60.3 Å². The van der Waals surface area contributed by atoms with Crippen LogP contribution in [0.1, 0.15) is 25.3 Å². The lowest BCUT2D eigenvalue weighted by atomic mass is 9.81. The maximum Gasteiger partial charge on any atom is 0.158 e. The molecule has 0 bridgehead atoms. The number of nitrogens with zero attached hydrogens (tertiary/aromatic N) is 1. The lowest BCUT2D eigenvalue weighted by Crippen LogP contribution is -2.27. The molecule has 0 fully saturated rings. The Bertz CT molecular complexity index is 928. The number of Topliss-reactive ketones (excluding diaryl/α,β-unsaturated/α-hetero) is 1. The summed E-state index contributed by atoms with van der Waals surface area (Å²) in [5.74, 6) is -0.330. The van der Waals surface area contributed by atoms with E-state index in [1.54, 1.807) is 30.4 Å². The maximum atomic E-state index is 12.3. The molecule has 1 unspecified atom stereocenters. The monoisotopic (exact) mass is 392 g/mol. The van der Waals surface area contributed by atoms with Gasteiger partial charge in [-0.25, -0.2) is 0 Å². The number of rotatable bonds is 6. The number of carbonyl (C=O) groups excluding carboxylic acids is 1. The first kappa shape index (κ1) is 19.3. The average Bonchev–Trinajstić information content (AvgIpc) is 2.68. The summed E-state index contributed by atoms with van der Waals surface area (Å²) < 4.78 is 0. The third-order valence-corrected chi connectivity index (χ3v) is 6.49. The van der Waals surface area contributed by atoms with E-state index in [2.05, 4.69) is 23.5 Å². The minimum atomic E-state index is -0.320. The first-order valence-corrected chi connectivity index (χ1v) is 10.6. The van der Waals surface area contributed by atoms with Crippen molar-refractivity contribution in [1.82, 2.24) is 5.32 Å². The lowest BCUT2D eigenvalue weighted by Gasteiger charge is -2.29. The van der Waals surface area contributed by atoms with Gasteiger partial charge in [0, 0.05) is 16.2 Å². The molecule has 0 aromatic heterocycles. The molecule has 136 valence electrons. The van der Waals surface area contributed by atoms with Crippen LogP contribution in [0, 0.1) is 11.3 Å². The quantitative estimate of drug-likeness (QED) is 0.523. The molecule has 1 aliphatic rings. The van der Waals surface area contributed by atoms with Crippen molar-refractivity contribution in [2.45, 2.75) is 24.7 Å². The summed E-state index contributed by atoms with van der Waals surface area (Å²) in [7, 11) is 0. The molecule has 2 aromatic rings. The molecular weight excluding hydrogens is 372 g/mol. The van der Waals surface area contributed by atoms with Crippen molar-refractivity contribution in [1.29, 1.82) is 5.26 Å². The topological polar surface area (TPSA) is 52.9 Å². The van der Waals surface area contributed by atoms with Gasteiger partial charge in [-0.3, -0.25) is 4.79 Å². The molecule has 1 aliphatic heterocycles. The molecule has 1 atom stereocenters. The number of benzene rings is 2. The summed E-state index contributed by atoms with van der Waals surface area (Å²) in [5, 5.41) is 14.8. The van der Waals surface area contributed by atoms with Crippen molar-refractivity contribution in [3.8, 4) is 6.07 Å². The number of ketones is 1. The Labute approximate surface area is 168 Å². The first-order valence-electron chi connectivity index (χ1n) is 8.60. The number of dihydropyridines is 1. The van der Waals surface area contributed by atoms with Gasteiger partial charge in [-0.05, 0) is 31.5 Å². The molecule has 2 aromatic carbocycles. The third-order valence-electron chi connectivity index (χ3n) is 4.33. The predicted octanol–water partition coefficient (Wildman–Crippen LogP) is 5.45. The summed E-state index contributed by atoms with van der Waals surface area (Å²) in [5.41, 5.74) is 3.06. The highest BCUT2D eigenvalue weighted by Crippen LogP contribution is 2.41. The SMILES string of the molecule is CC(=O)C1=C(C)NC(SCSc2ccccc2)=C(C#N)C1c1ccccc1. The van der Waals surface area contributed by atoms with Gasteiger partial charge in [0.1, 0.15) is 0 Å². The van der Waals surface area contributed by atoms with Crippen LogP contribution in [0.15, 0.2) is 87.4 Å². The maximum absolute atomic E-state index is 12.3. The molecule has 3 rings (SSSR count). The summed E-state index contributed by atoms with van der Waals surface area (Å²) in [6, 6.07) is 22.3. The molecule has 0 spiro atoms. The van der Waals surface area contributed by atoms with Crippen molar-refractivity contribution < 1.29 is 4.79 Å². The molecule has 1 heterocycles. The molecule has 27 heavy (non-hydrogen) atoms. The average molecular weight is 393 g/mol. The molecule has 0 amide bonds. The van der Waals surface area contributed by atoms with Crippen LogP contribution < -0.4 is 5.32 Å². The van der Waals surface area contributed by atoms with Gasteiger partial charge in [0.05, 0.1) is 27.7 Å². The van der Waals surface area contributed by atoms with Crippen molar-refractivity contribution in [3.63, 3.8) is 0 Å². The largest absolute Gasteiger partial charge is 0.353 e. The molecule has 0 saturated heterocycles. The van der Waals surface area contributed by atoms with Crippen LogP contribution in [0.25, 0.3) is 0 Å². The highest BCUT2D eigenvalue weighted by Gasteiger charge is 2.32. The predicted molar refractivity (Wildman–Crippen MR) is 113 cm³/mol. The lowest BCUT2D eigenvalue weighted by molar-refractivity contribution is -0.113. The van der Waals surface area contributed by atoms with Crippen LogP contribution in [-0.2, 0) is 4.79 Å². The zero-order valence-corrected chi connectivity index (χ0v) is 16.9. The third kappa shape index (κ3) is 4.47. The smallest absolute Gasteiger partial charge is 0.158 e. The van der Waals surface area contributed by atoms with E-state index in [1.165, 1.54) is 4.90 Å². The number of carbonyl (C=O) groups is 1. The van der Waals surface area contributed by atoms with Gasteiger partial charge >= 0.3 is 0 Å². The second kappa shape index (κ2) is 8.98. The Kier molecular flexibility index (Phi) is 6.44. The van der Waals surface area contributed by atoms with Gasteiger partial charge in [0.2, 0.25) is 0 Å². The number of nitrogens with one attached hydrogen (secondary N) is 1. The minimum absolute atomic E-state index is 0.00989. The number of thioether (sulfide) groups is 2. The number of hydrogen-bond acceptors (Lipinski definition) is 5. The van der Waals surface area contributed by atoms with Crippen molar-refractivity contribution in [2.24, 2.45) is 0 Å². The summed E-state index contributed by atoms with van der Waals surface area (Å²) in [6.07, 6.45) is 0. The van der Waals surface area contributed by atoms with E-state index in [0.717, 1.165) is 21.4 Å². The number of nitriles is 1. The number of hydrogen-bond donors (Lipinski definition) is 1. The Morgan fingerprint density at radius 2 is 1.70 bits per heavy atom. The van der Waals surface area contributed by atoms with Gasteiger partial charge in [-0.2, -0.15) is 5.26 Å². The zero-order chi connectivity index (χ0) is 19.2. The zero-order valence-electron chi connectivity index (χ0n) is 15.2. The van der Waals surface area contributed by atoms with E-state index in [1.807, 2.05) is 55.5 Å². The van der Waals surface area contributed by atoms with E-state index >= 15 is 0 Å².